The average molecular weight is 172 g/mol. The smallest absolute Gasteiger partial charge is 0.0582 e. The molecule has 0 aromatic carbocycles. The molecule has 1 N–H and O–H groups in total. The summed E-state index contributed by atoms with van der Waals surface area (Å²) >= 11 is 0. The van der Waals surface area contributed by atoms with Crippen LogP contribution < -0.4 is 0 Å². The Bertz CT molecular complexity index is 123. The molecule has 1 saturated carbocycles. The van der Waals surface area contributed by atoms with E-state index in [4.69, 9.17) is 9.84 Å². The largest absolute Gasteiger partial charge is 0.396 e. The van der Waals surface area contributed by atoms with Crippen LogP contribution in [0.15, 0.2) is 0 Å². The lowest BCUT2D eigenvalue weighted by Crippen LogP contribution is -2.26. The van der Waals surface area contributed by atoms with E-state index in [1.807, 2.05) is 0 Å². The molecule has 72 valence electrons. The quantitative estimate of drug-likeness (QED) is 0.705. The number of aliphatic hydroxyl groups excluding tert-OH is 1. The maximum Gasteiger partial charge on any atom is 0.0582 e. The first kappa shape index (κ1) is 10.0. The summed E-state index contributed by atoms with van der Waals surface area (Å²) in [5.74, 6) is 0.488. The molecule has 12 heavy (non-hydrogen) atoms. The van der Waals surface area contributed by atoms with Gasteiger partial charge < -0.3 is 9.84 Å². The highest BCUT2D eigenvalue weighted by molar-refractivity contribution is 4.73. The standard InChI is InChI=1S/C10H20O2/c1-8(2)12-10-5-3-4-9(6-10)7-11/h8-11H,3-7H2,1-2H3. The lowest BCUT2D eigenvalue weighted by Gasteiger charge is -2.29. The molecule has 0 amide bonds. The minimum absolute atomic E-state index is 0.326. The SMILES string of the molecule is CC(C)OC1CCCC(CO)C1. The maximum atomic E-state index is 8.99. The number of ether oxygens (including phenoxy) is 1. The third-order valence-electron chi connectivity index (χ3n) is 2.46. The van der Waals surface area contributed by atoms with Crippen molar-refractivity contribution in [2.45, 2.75) is 51.7 Å². The molecule has 2 unspecified atom stereocenters. The van der Waals surface area contributed by atoms with Gasteiger partial charge in [0, 0.05) is 6.61 Å². The second-order valence-corrected chi connectivity index (χ2v) is 4.02. The molecule has 0 spiro atoms. The molecule has 0 aromatic heterocycles. The van der Waals surface area contributed by atoms with Gasteiger partial charge in [-0.15, -0.1) is 0 Å². The van der Waals surface area contributed by atoms with Gasteiger partial charge in [-0.05, 0) is 39.0 Å². The fourth-order valence-corrected chi connectivity index (χ4v) is 1.92. The van der Waals surface area contributed by atoms with Crippen molar-refractivity contribution in [2.24, 2.45) is 5.92 Å². The summed E-state index contributed by atoms with van der Waals surface area (Å²) in [5.41, 5.74) is 0. The molecule has 0 saturated heterocycles. The third kappa shape index (κ3) is 3.11. The van der Waals surface area contributed by atoms with E-state index in [1.165, 1.54) is 19.3 Å². The predicted octanol–water partition coefficient (Wildman–Crippen LogP) is 1.96. The number of hydrogen-bond acceptors (Lipinski definition) is 2. The van der Waals surface area contributed by atoms with Crippen LogP contribution in [-0.2, 0) is 4.74 Å². The summed E-state index contributed by atoms with van der Waals surface area (Å²) in [6.45, 7) is 4.48. The topological polar surface area (TPSA) is 29.5 Å². The first-order chi connectivity index (χ1) is 5.72. The number of hydrogen-bond donors (Lipinski definition) is 1. The normalized spacial score (nSPS) is 31.0. The molecule has 0 aliphatic heterocycles. The van der Waals surface area contributed by atoms with Crippen LogP contribution in [0.4, 0.5) is 0 Å². The van der Waals surface area contributed by atoms with Crippen LogP contribution in [0, 0.1) is 5.92 Å². The summed E-state index contributed by atoms with van der Waals surface area (Å²) in [5, 5.41) is 8.99. The van der Waals surface area contributed by atoms with Crippen molar-refractivity contribution in [3.8, 4) is 0 Å². The molecule has 1 fully saturated rings. The van der Waals surface area contributed by atoms with E-state index in [2.05, 4.69) is 13.8 Å². The summed E-state index contributed by atoms with van der Waals surface area (Å²) < 4.78 is 5.71. The molecule has 0 aromatic rings. The minimum atomic E-state index is 0.326. The van der Waals surface area contributed by atoms with E-state index in [-0.39, 0.29) is 0 Å². The summed E-state index contributed by atoms with van der Waals surface area (Å²) in [4.78, 5) is 0. The Kier molecular flexibility index (Phi) is 4.02. The van der Waals surface area contributed by atoms with Crippen molar-refractivity contribution in [1.29, 1.82) is 0 Å². The Balaban J connectivity index is 2.25. The van der Waals surface area contributed by atoms with Crippen LogP contribution in [0.1, 0.15) is 39.5 Å². The van der Waals surface area contributed by atoms with Crippen LogP contribution in [0.3, 0.4) is 0 Å². The maximum absolute atomic E-state index is 8.99. The second kappa shape index (κ2) is 4.83. The van der Waals surface area contributed by atoms with E-state index < -0.39 is 0 Å². The predicted molar refractivity (Wildman–Crippen MR) is 49.1 cm³/mol. The van der Waals surface area contributed by atoms with Gasteiger partial charge in [-0.2, -0.15) is 0 Å². The lowest BCUT2D eigenvalue weighted by molar-refractivity contribution is -0.0300. The van der Waals surface area contributed by atoms with Crippen LogP contribution in [0.5, 0.6) is 0 Å². The van der Waals surface area contributed by atoms with Crippen molar-refractivity contribution in [1.82, 2.24) is 0 Å². The van der Waals surface area contributed by atoms with E-state index >= 15 is 0 Å². The molecule has 0 radical (unpaired) electrons. The highest BCUT2D eigenvalue weighted by Gasteiger charge is 2.22. The molecule has 1 aliphatic carbocycles. The first-order valence-electron chi connectivity index (χ1n) is 4.98. The van der Waals surface area contributed by atoms with Crippen molar-refractivity contribution in [3.63, 3.8) is 0 Å². The van der Waals surface area contributed by atoms with Gasteiger partial charge in [0.05, 0.1) is 12.2 Å². The van der Waals surface area contributed by atoms with Crippen LogP contribution in [0.25, 0.3) is 0 Å². The van der Waals surface area contributed by atoms with Gasteiger partial charge in [0.15, 0.2) is 0 Å². The zero-order valence-corrected chi connectivity index (χ0v) is 8.12. The fourth-order valence-electron chi connectivity index (χ4n) is 1.92. The van der Waals surface area contributed by atoms with Gasteiger partial charge in [-0.1, -0.05) is 6.42 Å². The Hall–Kier alpha value is -0.0800. The Morgan fingerprint density at radius 3 is 2.75 bits per heavy atom. The molecule has 1 aliphatic rings. The summed E-state index contributed by atoms with van der Waals surface area (Å²) in [6, 6.07) is 0. The molecule has 0 bridgehead atoms. The van der Waals surface area contributed by atoms with E-state index in [0.717, 1.165) is 6.42 Å². The van der Waals surface area contributed by atoms with E-state index in [9.17, 15) is 0 Å². The average Bonchev–Trinajstić information content (AvgIpc) is 2.03. The van der Waals surface area contributed by atoms with Gasteiger partial charge >= 0.3 is 0 Å². The van der Waals surface area contributed by atoms with E-state index in [0.29, 0.717) is 24.7 Å². The van der Waals surface area contributed by atoms with Crippen molar-refractivity contribution in [2.75, 3.05) is 6.61 Å². The van der Waals surface area contributed by atoms with Gasteiger partial charge in [-0.25, -0.2) is 0 Å². The monoisotopic (exact) mass is 172 g/mol. The third-order valence-corrected chi connectivity index (χ3v) is 2.46. The molecule has 2 nitrogen and oxygen atoms in total. The molecular formula is C10H20O2. The van der Waals surface area contributed by atoms with Crippen LogP contribution in [0.2, 0.25) is 0 Å². The molecule has 1 rings (SSSR count). The van der Waals surface area contributed by atoms with Crippen molar-refractivity contribution in [3.05, 3.63) is 0 Å². The second-order valence-electron chi connectivity index (χ2n) is 4.02. The first-order valence-corrected chi connectivity index (χ1v) is 4.98. The zero-order chi connectivity index (χ0) is 8.97. The zero-order valence-electron chi connectivity index (χ0n) is 8.12. The molecule has 2 heteroatoms. The van der Waals surface area contributed by atoms with Crippen molar-refractivity contribution < 1.29 is 9.84 Å². The Morgan fingerprint density at radius 1 is 1.42 bits per heavy atom. The van der Waals surface area contributed by atoms with Crippen molar-refractivity contribution >= 4 is 0 Å². The Labute approximate surface area is 74.9 Å². The highest BCUT2D eigenvalue weighted by atomic mass is 16.5. The lowest BCUT2D eigenvalue weighted by atomic mass is 9.88. The summed E-state index contributed by atoms with van der Waals surface area (Å²) in [6.07, 6.45) is 5.34. The summed E-state index contributed by atoms with van der Waals surface area (Å²) in [7, 11) is 0. The fraction of sp³-hybridized carbons (Fsp3) is 1.00. The van der Waals surface area contributed by atoms with Gasteiger partial charge in [0.1, 0.15) is 0 Å². The minimum Gasteiger partial charge on any atom is -0.396 e. The molecular weight excluding hydrogens is 152 g/mol. The Morgan fingerprint density at radius 2 is 2.17 bits per heavy atom. The van der Waals surface area contributed by atoms with E-state index in [1.54, 1.807) is 0 Å². The van der Waals surface area contributed by atoms with Gasteiger partial charge in [0.25, 0.3) is 0 Å². The number of aliphatic hydroxyl groups is 1. The number of rotatable bonds is 3. The highest BCUT2D eigenvalue weighted by Crippen LogP contribution is 2.26. The van der Waals surface area contributed by atoms with Crippen LogP contribution in [-0.4, -0.2) is 23.9 Å². The molecule has 0 heterocycles. The molecule has 2 atom stereocenters. The van der Waals surface area contributed by atoms with Gasteiger partial charge in [-0.3, -0.25) is 0 Å². The van der Waals surface area contributed by atoms with Crippen LogP contribution >= 0.6 is 0 Å². The van der Waals surface area contributed by atoms with Gasteiger partial charge in [0.2, 0.25) is 0 Å².